The number of nitrogens with zero attached hydrogens (tertiary/aromatic N) is 4. The van der Waals surface area contributed by atoms with Crippen LogP contribution in [0.3, 0.4) is 0 Å². The molecule has 0 amide bonds. The maximum Gasteiger partial charge on any atom is 0.243 e. The van der Waals surface area contributed by atoms with Crippen molar-refractivity contribution in [3.63, 3.8) is 0 Å². The lowest BCUT2D eigenvalue weighted by molar-refractivity contribution is 0.181. The Kier molecular flexibility index (Phi) is 5.98. The molecule has 6 nitrogen and oxygen atoms in total. The van der Waals surface area contributed by atoms with Crippen molar-refractivity contribution in [3.8, 4) is 0 Å². The van der Waals surface area contributed by atoms with E-state index in [0.717, 1.165) is 37.4 Å². The first-order valence-corrected chi connectivity index (χ1v) is 11.4. The predicted octanol–water partition coefficient (Wildman–Crippen LogP) is 3.02. The summed E-state index contributed by atoms with van der Waals surface area (Å²) in [6.07, 6.45) is 2.09. The summed E-state index contributed by atoms with van der Waals surface area (Å²) in [7, 11) is -3.44. The Bertz CT molecular complexity index is 903. The van der Waals surface area contributed by atoms with E-state index in [-0.39, 0.29) is 5.41 Å². The minimum atomic E-state index is -3.44. The Morgan fingerprint density at radius 3 is 2.14 bits per heavy atom. The van der Waals surface area contributed by atoms with Gasteiger partial charge in [-0.1, -0.05) is 32.9 Å². The average Bonchev–Trinajstić information content (AvgIpc) is 3.01. The monoisotopic (exact) mass is 404 g/mol. The van der Waals surface area contributed by atoms with Gasteiger partial charge in [-0.3, -0.25) is 9.58 Å². The van der Waals surface area contributed by atoms with E-state index >= 15 is 0 Å². The highest BCUT2D eigenvalue weighted by molar-refractivity contribution is 7.89. The molecule has 1 aromatic heterocycles. The molecule has 0 radical (unpaired) electrons. The van der Waals surface area contributed by atoms with Gasteiger partial charge in [0.15, 0.2) is 0 Å². The molecule has 0 saturated carbocycles. The summed E-state index contributed by atoms with van der Waals surface area (Å²) in [5.41, 5.74) is 3.42. The quantitative estimate of drug-likeness (QED) is 0.769. The number of hydrogen-bond donors (Lipinski definition) is 0. The number of sulfonamides is 1. The second-order valence-corrected chi connectivity index (χ2v) is 10.5. The maximum atomic E-state index is 13.0. The van der Waals surface area contributed by atoms with Crippen LogP contribution in [-0.4, -0.2) is 53.6 Å². The van der Waals surface area contributed by atoms with Crippen LogP contribution in [-0.2, 0) is 28.5 Å². The lowest BCUT2D eigenvalue weighted by atomic mass is 9.87. The molecule has 2 heterocycles. The molecule has 1 aliphatic heterocycles. The van der Waals surface area contributed by atoms with Gasteiger partial charge >= 0.3 is 0 Å². The van der Waals surface area contributed by atoms with Crippen LogP contribution in [0.4, 0.5) is 0 Å². The van der Waals surface area contributed by atoms with Gasteiger partial charge in [-0.15, -0.1) is 0 Å². The Labute approximate surface area is 169 Å². The molecular weight excluding hydrogens is 372 g/mol. The van der Waals surface area contributed by atoms with Gasteiger partial charge in [-0.25, -0.2) is 8.42 Å². The predicted molar refractivity (Wildman–Crippen MR) is 112 cm³/mol. The summed E-state index contributed by atoms with van der Waals surface area (Å²) in [6.45, 7) is 14.7. The molecule has 3 rings (SSSR count). The minimum Gasteiger partial charge on any atom is -0.296 e. The third kappa shape index (κ3) is 4.47. The molecule has 0 bridgehead atoms. The number of piperazine rings is 1. The molecule has 154 valence electrons. The highest BCUT2D eigenvalue weighted by atomic mass is 32.2. The summed E-state index contributed by atoms with van der Waals surface area (Å²) in [6, 6.07) is 7.34. The lowest BCUT2D eigenvalue weighted by Crippen LogP contribution is -2.48. The van der Waals surface area contributed by atoms with E-state index in [9.17, 15) is 8.42 Å². The number of rotatable bonds is 5. The molecule has 7 heteroatoms. The number of aromatic nitrogens is 2. The summed E-state index contributed by atoms with van der Waals surface area (Å²) < 4.78 is 29.6. The van der Waals surface area contributed by atoms with Crippen LogP contribution < -0.4 is 0 Å². The summed E-state index contributed by atoms with van der Waals surface area (Å²) in [4.78, 5) is 2.69. The van der Waals surface area contributed by atoms with E-state index in [0.29, 0.717) is 18.0 Å². The van der Waals surface area contributed by atoms with Gasteiger partial charge in [-0.05, 0) is 37.0 Å². The molecule has 0 atom stereocenters. The molecule has 0 aliphatic carbocycles. The number of hydrogen-bond acceptors (Lipinski definition) is 4. The standard InChI is InChI=1S/C21H32N4O2S/c1-6-24-16-18(17(2)22-24)15-23-11-13-25(14-12-23)28(26,27)20-9-7-19(8-10-20)21(3,4)5/h7-10,16H,6,11-15H2,1-5H3. The van der Waals surface area contributed by atoms with Gasteiger partial charge < -0.3 is 0 Å². The summed E-state index contributed by atoms with van der Waals surface area (Å²) in [5, 5.41) is 4.50. The van der Waals surface area contributed by atoms with Crippen molar-refractivity contribution in [2.45, 2.75) is 58.0 Å². The highest BCUT2D eigenvalue weighted by Gasteiger charge is 2.29. The van der Waals surface area contributed by atoms with Crippen LogP contribution in [0, 0.1) is 6.92 Å². The Morgan fingerprint density at radius 2 is 1.64 bits per heavy atom. The van der Waals surface area contributed by atoms with Crippen LogP contribution in [0.1, 0.15) is 44.5 Å². The van der Waals surface area contributed by atoms with E-state index in [2.05, 4.69) is 43.9 Å². The first-order valence-electron chi connectivity index (χ1n) is 9.97. The van der Waals surface area contributed by atoms with E-state index in [1.54, 1.807) is 16.4 Å². The summed E-state index contributed by atoms with van der Waals surface area (Å²) >= 11 is 0. The molecule has 28 heavy (non-hydrogen) atoms. The van der Waals surface area contributed by atoms with Gasteiger partial charge in [-0.2, -0.15) is 9.40 Å². The maximum absolute atomic E-state index is 13.0. The average molecular weight is 405 g/mol. The number of benzene rings is 1. The largest absolute Gasteiger partial charge is 0.296 e. The molecular formula is C21H32N4O2S. The fraction of sp³-hybridized carbons (Fsp3) is 0.571. The van der Waals surface area contributed by atoms with Crippen LogP contribution in [0.2, 0.25) is 0 Å². The Balaban J connectivity index is 1.64. The van der Waals surface area contributed by atoms with Gasteiger partial charge in [0.1, 0.15) is 0 Å². The van der Waals surface area contributed by atoms with Crippen LogP contribution >= 0.6 is 0 Å². The van der Waals surface area contributed by atoms with E-state index in [4.69, 9.17) is 0 Å². The van der Waals surface area contributed by atoms with Crippen molar-refractivity contribution in [1.82, 2.24) is 19.0 Å². The molecule has 2 aromatic rings. The first kappa shape index (κ1) is 21.0. The van der Waals surface area contributed by atoms with Gasteiger partial charge in [0, 0.05) is 51.0 Å². The van der Waals surface area contributed by atoms with Crippen LogP contribution in [0.25, 0.3) is 0 Å². The molecule has 1 aromatic carbocycles. The van der Waals surface area contributed by atoms with Crippen molar-refractivity contribution in [1.29, 1.82) is 0 Å². The zero-order valence-electron chi connectivity index (χ0n) is 17.6. The van der Waals surface area contributed by atoms with Crippen molar-refractivity contribution >= 4 is 10.0 Å². The second-order valence-electron chi connectivity index (χ2n) is 8.55. The SMILES string of the molecule is CCn1cc(CN2CCN(S(=O)(=O)c3ccc(C(C)(C)C)cc3)CC2)c(C)n1. The first-order chi connectivity index (χ1) is 13.1. The minimum absolute atomic E-state index is 0.0115. The highest BCUT2D eigenvalue weighted by Crippen LogP contribution is 2.25. The summed E-state index contributed by atoms with van der Waals surface area (Å²) in [5.74, 6) is 0. The normalized spacial score (nSPS) is 17.2. The zero-order chi connectivity index (χ0) is 20.5. The van der Waals surface area contributed by atoms with Crippen molar-refractivity contribution in [2.75, 3.05) is 26.2 Å². The Hall–Kier alpha value is -1.70. The van der Waals surface area contributed by atoms with Crippen molar-refractivity contribution in [2.24, 2.45) is 0 Å². The molecule has 1 fully saturated rings. The van der Waals surface area contributed by atoms with E-state index < -0.39 is 10.0 Å². The second kappa shape index (κ2) is 7.97. The molecule has 1 saturated heterocycles. The van der Waals surface area contributed by atoms with Crippen molar-refractivity contribution < 1.29 is 8.42 Å². The van der Waals surface area contributed by atoms with Crippen molar-refractivity contribution in [3.05, 3.63) is 47.3 Å². The third-order valence-electron chi connectivity index (χ3n) is 5.46. The topological polar surface area (TPSA) is 58.4 Å². The van der Waals surface area contributed by atoms with Gasteiger partial charge in [0.25, 0.3) is 0 Å². The molecule has 0 unspecified atom stereocenters. The smallest absolute Gasteiger partial charge is 0.243 e. The molecule has 0 spiro atoms. The van der Waals surface area contributed by atoms with E-state index in [1.165, 1.54) is 5.56 Å². The number of aryl methyl sites for hydroxylation is 2. The van der Waals surface area contributed by atoms with Gasteiger partial charge in [0.2, 0.25) is 10.0 Å². The fourth-order valence-corrected chi connectivity index (χ4v) is 4.94. The third-order valence-corrected chi connectivity index (χ3v) is 7.37. The molecule has 0 N–H and O–H groups in total. The zero-order valence-corrected chi connectivity index (χ0v) is 18.5. The Morgan fingerprint density at radius 1 is 1.04 bits per heavy atom. The van der Waals surface area contributed by atoms with Crippen LogP contribution in [0.5, 0.6) is 0 Å². The fourth-order valence-electron chi connectivity index (χ4n) is 3.52. The van der Waals surface area contributed by atoms with E-state index in [1.807, 2.05) is 23.7 Å². The lowest BCUT2D eigenvalue weighted by Gasteiger charge is -2.34. The molecule has 1 aliphatic rings. The van der Waals surface area contributed by atoms with Crippen LogP contribution in [0.15, 0.2) is 35.4 Å². The van der Waals surface area contributed by atoms with Gasteiger partial charge in [0.05, 0.1) is 10.6 Å².